The third kappa shape index (κ3) is 2.59. The first kappa shape index (κ1) is 16.1. The number of aryl methyl sites for hydroxylation is 1. The van der Waals surface area contributed by atoms with Crippen LogP contribution in [0.1, 0.15) is 30.4 Å². The number of anilines is 2. The average molecular weight is 360 g/mol. The normalized spacial score (nSPS) is 19.0. The van der Waals surface area contributed by atoms with Gasteiger partial charge in [-0.3, -0.25) is 9.52 Å². The molecule has 7 heteroatoms. The Morgan fingerprint density at radius 3 is 2.64 bits per heavy atom. The van der Waals surface area contributed by atoms with Gasteiger partial charge in [-0.25, -0.2) is 12.8 Å². The van der Waals surface area contributed by atoms with Crippen LogP contribution in [0, 0.1) is 5.82 Å². The molecular weight excluding hydrogens is 343 g/mol. The number of nitrogens with zero attached hydrogens (tertiary/aromatic N) is 1. The lowest BCUT2D eigenvalue weighted by molar-refractivity contribution is -0.119. The van der Waals surface area contributed by atoms with Crippen molar-refractivity contribution in [2.75, 3.05) is 16.2 Å². The first-order chi connectivity index (χ1) is 11.9. The van der Waals surface area contributed by atoms with E-state index >= 15 is 0 Å². The van der Waals surface area contributed by atoms with Crippen molar-refractivity contribution in [3.63, 3.8) is 0 Å². The number of sulfonamides is 1. The van der Waals surface area contributed by atoms with Crippen LogP contribution in [-0.4, -0.2) is 20.9 Å². The zero-order valence-electron chi connectivity index (χ0n) is 13.6. The number of amides is 1. The fraction of sp³-hybridized carbons (Fsp3) is 0.278. The third-order valence-corrected chi connectivity index (χ3v) is 6.16. The monoisotopic (exact) mass is 360 g/mol. The Morgan fingerprint density at radius 1 is 1.20 bits per heavy atom. The minimum absolute atomic E-state index is 0.0250. The van der Waals surface area contributed by atoms with E-state index in [1.165, 1.54) is 24.3 Å². The summed E-state index contributed by atoms with van der Waals surface area (Å²) in [7, 11) is -3.82. The number of hydrogen-bond donors (Lipinski definition) is 1. The van der Waals surface area contributed by atoms with Gasteiger partial charge in [0.15, 0.2) is 0 Å². The maximum atomic E-state index is 13.0. The van der Waals surface area contributed by atoms with E-state index < -0.39 is 15.8 Å². The minimum Gasteiger partial charge on any atom is -0.311 e. The SMILES string of the molecule is CC1C(=O)N2CCCc3cc(S(=O)(=O)Nc4ccc(F)cc4)cc1c32. The highest BCUT2D eigenvalue weighted by atomic mass is 32.2. The molecular formula is C18H17FN2O3S. The molecule has 1 N–H and O–H groups in total. The Bertz CT molecular complexity index is 971. The fourth-order valence-corrected chi connectivity index (χ4v) is 4.70. The summed E-state index contributed by atoms with van der Waals surface area (Å²) in [6.45, 7) is 2.49. The second kappa shape index (κ2) is 5.56. The van der Waals surface area contributed by atoms with Gasteiger partial charge in [0.1, 0.15) is 5.82 Å². The summed E-state index contributed by atoms with van der Waals surface area (Å²) >= 11 is 0. The molecule has 1 amide bonds. The molecule has 5 nitrogen and oxygen atoms in total. The van der Waals surface area contributed by atoms with Crippen molar-refractivity contribution in [2.24, 2.45) is 0 Å². The van der Waals surface area contributed by atoms with E-state index in [1.54, 1.807) is 24.0 Å². The van der Waals surface area contributed by atoms with Gasteiger partial charge in [-0.05, 0) is 67.3 Å². The van der Waals surface area contributed by atoms with Crippen LogP contribution in [0.5, 0.6) is 0 Å². The molecule has 1 atom stereocenters. The second-order valence-corrected chi connectivity index (χ2v) is 8.13. The topological polar surface area (TPSA) is 66.5 Å². The van der Waals surface area contributed by atoms with Crippen LogP contribution in [0.25, 0.3) is 0 Å². The molecule has 0 saturated heterocycles. The number of carbonyl (C=O) groups excluding carboxylic acids is 1. The van der Waals surface area contributed by atoms with Gasteiger partial charge in [-0.15, -0.1) is 0 Å². The molecule has 0 saturated carbocycles. The molecule has 130 valence electrons. The molecule has 2 aliphatic rings. The molecule has 2 aliphatic heterocycles. The fourth-order valence-electron chi connectivity index (χ4n) is 3.55. The van der Waals surface area contributed by atoms with E-state index in [4.69, 9.17) is 0 Å². The number of benzene rings is 2. The number of carbonyl (C=O) groups is 1. The highest BCUT2D eigenvalue weighted by Gasteiger charge is 2.38. The maximum absolute atomic E-state index is 13.0. The molecule has 0 radical (unpaired) electrons. The van der Waals surface area contributed by atoms with Crippen LogP contribution in [0.15, 0.2) is 41.3 Å². The lowest BCUT2D eigenvalue weighted by Crippen LogP contribution is -2.32. The predicted octanol–water partition coefficient (Wildman–Crippen LogP) is 3.02. The summed E-state index contributed by atoms with van der Waals surface area (Å²) in [6.07, 6.45) is 1.57. The van der Waals surface area contributed by atoms with Gasteiger partial charge in [0.25, 0.3) is 10.0 Å². The lowest BCUT2D eigenvalue weighted by Gasteiger charge is -2.26. The van der Waals surface area contributed by atoms with Crippen molar-refractivity contribution in [1.82, 2.24) is 0 Å². The van der Waals surface area contributed by atoms with Crippen LogP contribution in [0.2, 0.25) is 0 Å². The molecule has 1 unspecified atom stereocenters. The first-order valence-electron chi connectivity index (χ1n) is 8.13. The molecule has 0 fully saturated rings. The van der Waals surface area contributed by atoms with E-state index in [-0.39, 0.29) is 16.7 Å². The number of nitrogens with one attached hydrogen (secondary N) is 1. The Labute approximate surface area is 145 Å². The molecule has 0 spiro atoms. The van der Waals surface area contributed by atoms with Crippen molar-refractivity contribution in [2.45, 2.75) is 30.6 Å². The van der Waals surface area contributed by atoms with Crippen molar-refractivity contribution in [1.29, 1.82) is 0 Å². The highest BCUT2D eigenvalue weighted by Crippen LogP contribution is 2.44. The van der Waals surface area contributed by atoms with Crippen molar-refractivity contribution in [3.8, 4) is 0 Å². The first-order valence-corrected chi connectivity index (χ1v) is 9.62. The Balaban J connectivity index is 1.76. The third-order valence-electron chi connectivity index (χ3n) is 4.80. The van der Waals surface area contributed by atoms with E-state index in [1.807, 2.05) is 0 Å². The molecule has 4 rings (SSSR count). The Morgan fingerprint density at radius 2 is 1.92 bits per heavy atom. The predicted molar refractivity (Wildman–Crippen MR) is 92.7 cm³/mol. The molecule has 0 aliphatic carbocycles. The van der Waals surface area contributed by atoms with Crippen LogP contribution >= 0.6 is 0 Å². The molecule has 2 heterocycles. The van der Waals surface area contributed by atoms with E-state index in [9.17, 15) is 17.6 Å². The van der Waals surface area contributed by atoms with Gasteiger partial charge in [0.2, 0.25) is 5.91 Å². The number of halogens is 1. The van der Waals surface area contributed by atoms with Gasteiger partial charge in [-0.2, -0.15) is 0 Å². The maximum Gasteiger partial charge on any atom is 0.261 e. The summed E-state index contributed by atoms with van der Waals surface area (Å²) in [4.78, 5) is 14.3. The molecule has 25 heavy (non-hydrogen) atoms. The zero-order valence-corrected chi connectivity index (χ0v) is 14.4. The summed E-state index contributed by atoms with van der Waals surface area (Å²) in [6, 6.07) is 8.36. The minimum atomic E-state index is -3.82. The lowest BCUT2D eigenvalue weighted by atomic mass is 9.97. The quantitative estimate of drug-likeness (QED) is 0.915. The van der Waals surface area contributed by atoms with Gasteiger partial charge in [-0.1, -0.05) is 0 Å². The van der Waals surface area contributed by atoms with Gasteiger partial charge >= 0.3 is 0 Å². The largest absolute Gasteiger partial charge is 0.311 e. The Hall–Kier alpha value is -2.41. The number of rotatable bonds is 3. The van der Waals surface area contributed by atoms with E-state index in [2.05, 4.69) is 4.72 Å². The van der Waals surface area contributed by atoms with Crippen LogP contribution in [0.3, 0.4) is 0 Å². The van der Waals surface area contributed by atoms with Crippen LogP contribution in [0.4, 0.5) is 15.8 Å². The second-order valence-electron chi connectivity index (χ2n) is 6.45. The standard InChI is InChI=1S/C18H17FN2O3S/c1-11-16-10-15(9-12-3-2-8-21(17(12)16)18(11)22)25(23,24)20-14-6-4-13(19)5-7-14/h4-7,9-11,20H,2-3,8H2,1H3. The Kier molecular flexibility index (Phi) is 3.57. The molecule has 2 aromatic rings. The zero-order chi connectivity index (χ0) is 17.8. The molecule has 0 aromatic heterocycles. The van der Waals surface area contributed by atoms with Gasteiger partial charge in [0.05, 0.1) is 16.5 Å². The van der Waals surface area contributed by atoms with Crippen LogP contribution < -0.4 is 9.62 Å². The number of hydrogen-bond acceptors (Lipinski definition) is 3. The van der Waals surface area contributed by atoms with E-state index in [0.717, 1.165) is 29.7 Å². The van der Waals surface area contributed by atoms with Crippen molar-refractivity contribution < 1.29 is 17.6 Å². The molecule has 0 bridgehead atoms. The van der Waals surface area contributed by atoms with Crippen LogP contribution in [-0.2, 0) is 21.2 Å². The summed E-state index contributed by atoms with van der Waals surface area (Å²) in [5.74, 6) is -0.748. The van der Waals surface area contributed by atoms with Crippen molar-refractivity contribution in [3.05, 3.63) is 53.3 Å². The highest BCUT2D eigenvalue weighted by molar-refractivity contribution is 7.92. The van der Waals surface area contributed by atoms with E-state index in [0.29, 0.717) is 12.2 Å². The average Bonchev–Trinajstić information content (AvgIpc) is 2.84. The summed E-state index contributed by atoms with van der Waals surface area (Å²) in [5, 5.41) is 0. The molecule has 2 aromatic carbocycles. The van der Waals surface area contributed by atoms with Gasteiger partial charge in [0, 0.05) is 12.2 Å². The van der Waals surface area contributed by atoms with Crippen molar-refractivity contribution >= 4 is 27.3 Å². The van der Waals surface area contributed by atoms with Gasteiger partial charge < -0.3 is 4.90 Å². The summed E-state index contributed by atoms with van der Waals surface area (Å²) < 4.78 is 40.9. The smallest absolute Gasteiger partial charge is 0.261 e. The summed E-state index contributed by atoms with van der Waals surface area (Å²) in [5.41, 5.74) is 2.83.